The molecule has 0 spiro atoms. The molecule has 0 bridgehead atoms. The lowest BCUT2D eigenvalue weighted by Crippen LogP contribution is -2.19. The number of hydrogen-bond donors (Lipinski definition) is 0. The monoisotopic (exact) mass is 239 g/mol. The van der Waals surface area contributed by atoms with Crippen LogP contribution in [0.1, 0.15) is 18.6 Å². The van der Waals surface area contributed by atoms with E-state index in [9.17, 15) is 0 Å². The molecule has 1 aromatic rings. The average Bonchev–Trinajstić information content (AvgIpc) is 2.85. The number of likely N-dealkylation sites (N-methyl/N-ethyl adjacent to an activating group) is 1. The predicted octanol–water partition coefficient (Wildman–Crippen LogP) is 2.34. The Kier molecular flexibility index (Phi) is 3.50. The van der Waals surface area contributed by atoms with E-state index in [1.54, 1.807) is 0 Å². The van der Waals surface area contributed by atoms with Gasteiger partial charge in [0.05, 0.1) is 6.54 Å². The Balaban J connectivity index is 2.31. The molecule has 0 aliphatic carbocycles. The fourth-order valence-corrected chi connectivity index (χ4v) is 1.98. The van der Waals surface area contributed by atoms with Gasteiger partial charge in [-0.2, -0.15) is 10.5 Å². The normalized spacial score (nSPS) is 17.8. The summed E-state index contributed by atoms with van der Waals surface area (Å²) in [7, 11) is 0. The van der Waals surface area contributed by atoms with Crippen molar-refractivity contribution < 1.29 is 4.74 Å². The van der Waals surface area contributed by atoms with Crippen molar-refractivity contribution in [3.63, 3.8) is 0 Å². The fraction of sp³-hybridized carbons (Fsp3) is 0.286. The maximum atomic E-state index is 8.92. The molecule has 0 saturated carbocycles. The van der Waals surface area contributed by atoms with E-state index in [1.165, 1.54) is 0 Å². The molecule has 2 rings (SSSR count). The van der Waals surface area contributed by atoms with Crippen molar-refractivity contribution in [2.45, 2.75) is 13.0 Å². The summed E-state index contributed by atoms with van der Waals surface area (Å²) in [5, 5.41) is 17.8. The SMILES string of the molecule is CCN1CC(c2ccccc2)OC1=C(C#N)C#N. The highest BCUT2D eigenvalue weighted by Gasteiger charge is 2.30. The van der Waals surface area contributed by atoms with Gasteiger partial charge in [0, 0.05) is 6.54 Å². The first-order valence-corrected chi connectivity index (χ1v) is 5.81. The van der Waals surface area contributed by atoms with E-state index in [2.05, 4.69) is 0 Å². The number of benzene rings is 1. The van der Waals surface area contributed by atoms with Crippen molar-refractivity contribution in [3.05, 3.63) is 47.4 Å². The molecule has 1 unspecified atom stereocenters. The molecule has 0 amide bonds. The van der Waals surface area contributed by atoms with E-state index in [4.69, 9.17) is 15.3 Å². The first-order chi connectivity index (χ1) is 8.80. The number of hydrogen-bond acceptors (Lipinski definition) is 4. The second-order valence-electron chi connectivity index (χ2n) is 3.96. The van der Waals surface area contributed by atoms with Crippen LogP contribution in [0.4, 0.5) is 0 Å². The molecule has 0 N–H and O–H groups in total. The van der Waals surface area contributed by atoms with Crippen LogP contribution in [0, 0.1) is 22.7 Å². The van der Waals surface area contributed by atoms with Gasteiger partial charge >= 0.3 is 0 Å². The third-order valence-electron chi connectivity index (χ3n) is 2.92. The molecule has 18 heavy (non-hydrogen) atoms. The maximum Gasteiger partial charge on any atom is 0.219 e. The molecule has 0 radical (unpaired) electrons. The topological polar surface area (TPSA) is 60.0 Å². The second kappa shape index (κ2) is 5.25. The molecule has 1 saturated heterocycles. The van der Waals surface area contributed by atoms with Gasteiger partial charge in [-0.15, -0.1) is 0 Å². The third kappa shape index (κ3) is 2.14. The van der Waals surface area contributed by atoms with Crippen molar-refractivity contribution in [3.8, 4) is 12.1 Å². The third-order valence-corrected chi connectivity index (χ3v) is 2.92. The van der Waals surface area contributed by atoms with Gasteiger partial charge in [-0.1, -0.05) is 30.3 Å². The average molecular weight is 239 g/mol. The van der Waals surface area contributed by atoms with E-state index in [0.29, 0.717) is 19.0 Å². The predicted molar refractivity (Wildman–Crippen MR) is 65.8 cm³/mol. The summed E-state index contributed by atoms with van der Waals surface area (Å²) in [5.41, 5.74) is 1.09. The lowest BCUT2D eigenvalue weighted by Gasteiger charge is -2.13. The minimum Gasteiger partial charge on any atom is -0.468 e. The van der Waals surface area contributed by atoms with E-state index >= 15 is 0 Å². The minimum atomic E-state index is -0.113. The molecule has 1 aliphatic heterocycles. The lowest BCUT2D eigenvalue weighted by atomic mass is 10.1. The second-order valence-corrected chi connectivity index (χ2v) is 3.96. The Labute approximate surface area is 106 Å². The Morgan fingerprint density at radius 3 is 2.56 bits per heavy atom. The van der Waals surface area contributed by atoms with Crippen molar-refractivity contribution in [2.24, 2.45) is 0 Å². The van der Waals surface area contributed by atoms with Gasteiger partial charge < -0.3 is 9.64 Å². The van der Waals surface area contributed by atoms with Gasteiger partial charge in [0.1, 0.15) is 18.2 Å². The lowest BCUT2D eigenvalue weighted by molar-refractivity contribution is 0.161. The number of nitriles is 2. The molecule has 1 fully saturated rings. The molecule has 0 aromatic heterocycles. The summed E-state index contributed by atoms with van der Waals surface area (Å²) in [6.07, 6.45) is -0.113. The van der Waals surface area contributed by atoms with Gasteiger partial charge in [0.15, 0.2) is 5.57 Å². The van der Waals surface area contributed by atoms with Crippen LogP contribution in [0.3, 0.4) is 0 Å². The molecule has 1 heterocycles. The molecule has 1 aliphatic rings. The number of ether oxygens (including phenoxy) is 1. The van der Waals surface area contributed by atoms with E-state index in [-0.39, 0.29) is 11.7 Å². The Morgan fingerprint density at radius 1 is 1.33 bits per heavy atom. The summed E-state index contributed by atoms with van der Waals surface area (Å²) in [5.74, 6) is 0.399. The van der Waals surface area contributed by atoms with Crippen LogP contribution in [0.2, 0.25) is 0 Å². The van der Waals surface area contributed by atoms with Gasteiger partial charge in [0.25, 0.3) is 0 Å². The highest BCUT2D eigenvalue weighted by molar-refractivity contribution is 5.38. The smallest absolute Gasteiger partial charge is 0.219 e. The highest BCUT2D eigenvalue weighted by atomic mass is 16.5. The van der Waals surface area contributed by atoms with E-state index in [1.807, 2.05) is 54.3 Å². The summed E-state index contributed by atoms with van der Waals surface area (Å²) in [4.78, 5) is 1.92. The molecular weight excluding hydrogens is 226 g/mol. The van der Waals surface area contributed by atoms with Crippen LogP contribution in [0.5, 0.6) is 0 Å². The molecule has 4 nitrogen and oxygen atoms in total. The summed E-state index contributed by atoms with van der Waals surface area (Å²) in [6, 6.07) is 13.6. The molecule has 1 aromatic carbocycles. The zero-order valence-electron chi connectivity index (χ0n) is 10.1. The Hall–Kier alpha value is -2.46. The summed E-state index contributed by atoms with van der Waals surface area (Å²) in [6.45, 7) is 3.36. The van der Waals surface area contributed by atoms with Crippen LogP contribution in [0.25, 0.3) is 0 Å². The minimum absolute atomic E-state index is 0.0373. The van der Waals surface area contributed by atoms with Gasteiger partial charge in [0.2, 0.25) is 5.88 Å². The first kappa shape index (κ1) is 12.0. The van der Waals surface area contributed by atoms with Crippen LogP contribution >= 0.6 is 0 Å². The van der Waals surface area contributed by atoms with Crippen molar-refractivity contribution in [1.29, 1.82) is 10.5 Å². The number of nitrogens with zero attached hydrogens (tertiary/aromatic N) is 3. The number of rotatable bonds is 2. The van der Waals surface area contributed by atoms with E-state index in [0.717, 1.165) is 5.56 Å². The zero-order chi connectivity index (χ0) is 13.0. The Morgan fingerprint density at radius 2 is 2.00 bits per heavy atom. The van der Waals surface area contributed by atoms with Gasteiger partial charge in [-0.25, -0.2) is 0 Å². The zero-order valence-corrected chi connectivity index (χ0v) is 10.1. The molecule has 1 atom stereocenters. The van der Waals surface area contributed by atoms with E-state index < -0.39 is 0 Å². The first-order valence-electron chi connectivity index (χ1n) is 5.81. The number of allylic oxidation sites excluding steroid dienone is 1. The fourth-order valence-electron chi connectivity index (χ4n) is 1.98. The standard InChI is InChI=1S/C14H13N3O/c1-2-17-10-13(11-6-4-3-5-7-11)18-14(17)12(8-15)9-16/h3-7,13H,2,10H2,1H3. The van der Waals surface area contributed by atoms with Crippen LogP contribution in [0.15, 0.2) is 41.8 Å². The van der Waals surface area contributed by atoms with Crippen LogP contribution in [-0.2, 0) is 4.74 Å². The largest absolute Gasteiger partial charge is 0.468 e. The van der Waals surface area contributed by atoms with Crippen molar-refractivity contribution in [2.75, 3.05) is 13.1 Å². The molecular formula is C14H13N3O. The van der Waals surface area contributed by atoms with Crippen LogP contribution in [-0.4, -0.2) is 18.0 Å². The quantitative estimate of drug-likeness (QED) is 0.743. The van der Waals surface area contributed by atoms with Crippen molar-refractivity contribution >= 4 is 0 Å². The maximum absolute atomic E-state index is 8.92. The molecule has 90 valence electrons. The van der Waals surface area contributed by atoms with Crippen LogP contribution < -0.4 is 0 Å². The molecule has 4 heteroatoms. The highest BCUT2D eigenvalue weighted by Crippen LogP contribution is 2.32. The van der Waals surface area contributed by atoms with Gasteiger partial charge in [-0.05, 0) is 12.5 Å². The summed E-state index contributed by atoms with van der Waals surface area (Å²) >= 11 is 0. The Bertz CT molecular complexity index is 520. The van der Waals surface area contributed by atoms with Crippen molar-refractivity contribution in [1.82, 2.24) is 4.90 Å². The summed E-state index contributed by atoms with van der Waals surface area (Å²) < 4.78 is 5.76. The van der Waals surface area contributed by atoms with Gasteiger partial charge in [-0.3, -0.25) is 0 Å².